The largest absolute Gasteiger partial charge is 0.508 e. The molecule has 0 unspecified atom stereocenters. The molecule has 0 spiro atoms. The van der Waals surface area contributed by atoms with Gasteiger partial charge in [0.25, 0.3) is 0 Å². The lowest BCUT2D eigenvalue weighted by Crippen LogP contribution is -2.12. The van der Waals surface area contributed by atoms with Gasteiger partial charge in [0.2, 0.25) is 0 Å². The number of carbonyl (C=O) groups excluding carboxylic acids is 1. The number of phenols is 2. The lowest BCUT2D eigenvalue weighted by atomic mass is 10.00. The van der Waals surface area contributed by atoms with Crippen molar-refractivity contribution < 1.29 is 24.6 Å². The molecule has 1 aliphatic rings. The number of aromatic hydroxyl groups is 2. The van der Waals surface area contributed by atoms with Crippen LogP contribution in [0, 0.1) is 0 Å². The molecule has 1 aromatic rings. The number of carbonyl (C=O) groups is 1. The van der Waals surface area contributed by atoms with E-state index in [1.54, 1.807) is 0 Å². The number of allylic oxidation sites excluding steroid dienone is 3. The standard InChI is InChI=1S/C19H23NO5/c1-2-25-20-15-9-7-5-3-4-6-8-10-24-19(23)18-14(11-15)12-16(21)13-17(18)22/h4,6-7,9,12-13,21-22H,2-3,5,8,10-11H2,1H3/b6-4+,9-7+,20-15+. The zero-order valence-corrected chi connectivity index (χ0v) is 14.3. The van der Waals surface area contributed by atoms with E-state index >= 15 is 0 Å². The first-order chi connectivity index (χ1) is 12.1. The maximum Gasteiger partial charge on any atom is 0.342 e. The van der Waals surface area contributed by atoms with Gasteiger partial charge in [-0.15, -0.1) is 0 Å². The second kappa shape index (κ2) is 9.52. The fourth-order valence-electron chi connectivity index (χ4n) is 2.45. The first-order valence-electron chi connectivity index (χ1n) is 8.34. The van der Waals surface area contributed by atoms with Crippen LogP contribution >= 0.6 is 0 Å². The summed E-state index contributed by atoms with van der Waals surface area (Å²) >= 11 is 0. The molecule has 0 aromatic heterocycles. The van der Waals surface area contributed by atoms with Gasteiger partial charge in [0.15, 0.2) is 0 Å². The van der Waals surface area contributed by atoms with Crippen molar-refractivity contribution >= 4 is 11.7 Å². The molecule has 0 atom stereocenters. The van der Waals surface area contributed by atoms with E-state index in [9.17, 15) is 15.0 Å². The summed E-state index contributed by atoms with van der Waals surface area (Å²) < 4.78 is 5.23. The van der Waals surface area contributed by atoms with Crippen molar-refractivity contribution in [3.8, 4) is 11.5 Å². The van der Waals surface area contributed by atoms with E-state index in [4.69, 9.17) is 9.57 Å². The Balaban J connectivity index is 2.42. The minimum absolute atomic E-state index is 0.0384. The Morgan fingerprint density at radius 1 is 1.16 bits per heavy atom. The molecule has 0 radical (unpaired) electrons. The molecule has 2 N–H and O–H groups in total. The summed E-state index contributed by atoms with van der Waals surface area (Å²) in [7, 11) is 0. The predicted molar refractivity (Wildman–Crippen MR) is 95.0 cm³/mol. The summed E-state index contributed by atoms with van der Waals surface area (Å²) in [5.74, 6) is -1.08. The van der Waals surface area contributed by atoms with Crippen molar-refractivity contribution in [1.82, 2.24) is 0 Å². The Labute approximate surface area is 147 Å². The molecule has 6 heteroatoms. The van der Waals surface area contributed by atoms with E-state index in [-0.39, 0.29) is 30.1 Å². The van der Waals surface area contributed by atoms with Gasteiger partial charge in [0.05, 0.1) is 12.3 Å². The molecule has 134 valence electrons. The minimum atomic E-state index is -0.627. The van der Waals surface area contributed by atoms with Crippen molar-refractivity contribution in [2.24, 2.45) is 5.16 Å². The number of hydrogen-bond acceptors (Lipinski definition) is 6. The van der Waals surface area contributed by atoms with E-state index in [1.165, 1.54) is 6.07 Å². The number of esters is 1. The Morgan fingerprint density at radius 2 is 1.92 bits per heavy atom. The molecule has 1 heterocycles. The van der Waals surface area contributed by atoms with Crippen LogP contribution < -0.4 is 0 Å². The first-order valence-corrected chi connectivity index (χ1v) is 8.34. The van der Waals surface area contributed by atoms with Gasteiger partial charge in [-0.3, -0.25) is 0 Å². The monoisotopic (exact) mass is 345 g/mol. The van der Waals surface area contributed by atoms with Gasteiger partial charge in [0.1, 0.15) is 23.7 Å². The molecular weight excluding hydrogens is 322 g/mol. The van der Waals surface area contributed by atoms with E-state index in [1.807, 2.05) is 31.2 Å². The van der Waals surface area contributed by atoms with E-state index in [0.717, 1.165) is 18.9 Å². The highest BCUT2D eigenvalue weighted by atomic mass is 16.6. The van der Waals surface area contributed by atoms with Gasteiger partial charge in [-0.05, 0) is 43.9 Å². The molecule has 0 saturated heterocycles. The van der Waals surface area contributed by atoms with Crippen LogP contribution in [0.4, 0.5) is 0 Å². The van der Waals surface area contributed by atoms with Gasteiger partial charge in [-0.1, -0.05) is 23.4 Å². The topological polar surface area (TPSA) is 88.4 Å². The fraction of sp³-hybridized carbons (Fsp3) is 0.368. The van der Waals surface area contributed by atoms with Gasteiger partial charge < -0.3 is 19.8 Å². The molecular formula is C19H23NO5. The maximum absolute atomic E-state index is 12.4. The maximum atomic E-state index is 12.4. The van der Waals surface area contributed by atoms with Crippen LogP contribution in [0.5, 0.6) is 11.5 Å². The van der Waals surface area contributed by atoms with Gasteiger partial charge >= 0.3 is 5.97 Å². The number of hydrogen-bond donors (Lipinski definition) is 2. The molecule has 1 aromatic carbocycles. The average Bonchev–Trinajstić information content (AvgIpc) is 2.56. The van der Waals surface area contributed by atoms with Crippen LogP contribution in [-0.2, 0) is 16.0 Å². The highest BCUT2D eigenvalue weighted by Gasteiger charge is 2.20. The summed E-state index contributed by atoms with van der Waals surface area (Å²) in [4.78, 5) is 17.5. The molecule has 0 aliphatic carbocycles. The Morgan fingerprint density at radius 3 is 2.72 bits per heavy atom. The summed E-state index contributed by atoms with van der Waals surface area (Å²) in [6.45, 7) is 2.47. The highest BCUT2D eigenvalue weighted by Crippen LogP contribution is 2.29. The van der Waals surface area contributed by atoms with E-state index < -0.39 is 5.97 Å². The number of cyclic esters (lactones) is 1. The Hall–Kier alpha value is -2.76. The van der Waals surface area contributed by atoms with Crippen LogP contribution in [-0.4, -0.2) is 35.1 Å². The van der Waals surface area contributed by atoms with Crippen molar-refractivity contribution in [2.75, 3.05) is 13.2 Å². The van der Waals surface area contributed by atoms with Crippen molar-refractivity contribution in [3.05, 3.63) is 47.6 Å². The lowest BCUT2D eigenvalue weighted by Gasteiger charge is -2.12. The normalized spacial score (nSPS) is 20.2. The first kappa shape index (κ1) is 18.6. The second-order valence-electron chi connectivity index (χ2n) is 5.55. The third kappa shape index (κ3) is 5.67. The number of benzene rings is 1. The van der Waals surface area contributed by atoms with E-state index in [2.05, 4.69) is 5.16 Å². The smallest absolute Gasteiger partial charge is 0.342 e. The fourth-order valence-corrected chi connectivity index (χ4v) is 2.45. The zero-order chi connectivity index (χ0) is 18.1. The Bertz CT molecular complexity index is 691. The van der Waals surface area contributed by atoms with Crippen molar-refractivity contribution in [1.29, 1.82) is 0 Å². The summed E-state index contributed by atoms with van der Waals surface area (Å²) in [5.41, 5.74) is 1.05. The molecule has 0 bridgehead atoms. The van der Waals surface area contributed by atoms with Crippen molar-refractivity contribution in [3.63, 3.8) is 0 Å². The van der Waals surface area contributed by atoms with Gasteiger partial charge in [-0.25, -0.2) is 4.79 Å². The molecule has 25 heavy (non-hydrogen) atoms. The number of ether oxygens (including phenoxy) is 1. The molecule has 0 saturated carbocycles. The summed E-state index contributed by atoms with van der Waals surface area (Å²) in [5, 5.41) is 23.9. The average molecular weight is 345 g/mol. The Kier molecular flexibility index (Phi) is 7.07. The summed E-state index contributed by atoms with van der Waals surface area (Å²) in [6, 6.07) is 2.55. The van der Waals surface area contributed by atoms with Gasteiger partial charge in [-0.2, -0.15) is 0 Å². The predicted octanol–water partition coefficient (Wildman–Crippen LogP) is 3.49. The molecule has 0 amide bonds. The van der Waals surface area contributed by atoms with Crippen LogP contribution in [0.15, 0.2) is 41.6 Å². The minimum Gasteiger partial charge on any atom is -0.508 e. The third-order valence-corrected chi connectivity index (χ3v) is 3.57. The van der Waals surface area contributed by atoms with E-state index in [0.29, 0.717) is 24.3 Å². The molecule has 6 nitrogen and oxygen atoms in total. The second-order valence-corrected chi connectivity index (χ2v) is 5.55. The van der Waals surface area contributed by atoms with Crippen LogP contribution in [0.3, 0.4) is 0 Å². The van der Waals surface area contributed by atoms with Crippen LogP contribution in [0.2, 0.25) is 0 Å². The molecule has 2 rings (SSSR count). The quantitative estimate of drug-likeness (QED) is 0.487. The zero-order valence-electron chi connectivity index (χ0n) is 14.3. The van der Waals surface area contributed by atoms with Crippen molar-refractivity contribution in [2.45, 2.75) is 32.6 Å². The third-order valence-electron chi connectivity index (χ3n) is 3.57. The van der Waals surface area contributed by atoms with Crippen LogP contribution in [0.1, 0.15) is 42.1 Å². The van der Waals surface area contributed by atoms with Gasteiger partial charge in [0, 0.05) is 12.5 Å². The number of phenolic OH excluding ortho intramolecular Hbond substituents is 2. The SMILES string of the molecule is CCO/N=C1\C=C\CC/C=C/CCOC(=O)c2c(O)cc(O)cc2C1. The molecule has 1 aliphatic heterocycles. The summed E-state index contributed by atoms with van der Waals surface area (Å²) in [6.07, 6.45) is 10.4. The lowest BCUT2D eigenvalue weighted by molar-refractivity contribution is 0.0507. The highest BCUT2D eigenvalue weighted by molar-refractivity contribution is 6.00. The number of nitrogens with zero attached hydrogens (tertiary/aromatic N) is 1. The number of fused-ring (bicyclic) bond motifs is 1. The van der Waals surface area contributed by atoms with Crippen LogP contribution in [0.25, 0.3) is 0 Å². The number of oxime groups is 1. The number of rotatable bonds is 2. The molecule has 0 fully saturated rings.